The quantitative estimate of drug-likeness (QED) is 0.0753. The van der Waals surface area contributed by atoms with Crippen molar-refractivity contribution in [2.75, 3.05) is 61.0 Å². The van der Waals surface area contributed by atoms with Gasteiger partial charge in [0.25, 0.3) is 0 Å². The fourth-order valence-electron chi connectivity index (χ4n) is 14.1. The zero-order valence-electron chi connectivity index (χ0n) is 34.5. The van der Waals surface area contributed by atoms with Crippen molar-refractivity contribution < 1.29 is 68.7 Å². The Kier molecular flexibility index (Phi) is 11.5. The summed E-state index contributed by atoms with van der Waals surface area (Å²) < 4.78 is 25.8. The van der Waals surface area contributed by atoms with Crippen LogP contribution in [0.25, 0.3) is 0 Å². The van der Waals surface area contributed by atoms with Crippen LogP contribution >= 0.6 is 0 Å². The molecule has 8 aliphatic rings. The fourth-order valence-corrected chi connectivity index (χ4v) is 14.1. The molecular formula is C42H66O14. The molecule has 2 heterocycles. The number of esters is 3. The van der Waals surface area contributed by atoms with Gasteiger partial charge >= 0.3 is 17.9 Å². The minimum Gasteiger partial charge on any atom is -0.469 e. The van der Waals surface area contributed by atoms with Crippen molar-refractivity contribution >= 4 is 17.9 Å². The number of fused-ring (bicyclic) bond motifs is 8. The van der Waals surface area contributed by atoms with Crippen molar-refractivity contribution in [3.8, 4) is 0 Å². The molecule has 5 saturated carbocycles. The van der Waals surface area contributed by atoms with Crippen LogP contribution in [-0.4, -0.2) is 134 Å². The first-order valence-electron chi connectivity index (χ1n) is 20.2. The van der Waals surface area contributed by atoms with Crippen LogP contribution in [0, 0.1) is 85.8 Å². The van der Waals surface area contributed by atoms with Crippen LogP contribution in [0.1, 0.15) is 60.8 Å². The number of allylic oxidation sites excluding steroid dienone is 2. The van der Waals surface area contributed by atoms with Crippen molar-refractivity contribution in [1.82, 2.24) is 0 Å². The van der Waals surface area contributed by atoms with Gasteiger partial charge in [0.15, 0.2) is 0 Å². The van der Waals surface area contributed by atoms with E-state index < -0.39 is 22.3 Å². The highest BCUT2D eigenvalue weighted by Gasteiger charge is 2.80. The highest BCUT2D eigenvalue weighted by Crippen LogP contribution is 2.75. The molecule has 17 unspecified atom stereocenters. The molecule has 0 radical (unpaired) electrons. The van der Waals surface area contributed by atoms with Crippen molar-refractivity contribution in [2.24, 2.45) is 85.8 Å². The Labute approximate surface area is 330 Å². The van der Waals surface area contributed by atoms with E-state index in [0.29, 0.717) is 25.9 Å². The van der Waals surface area contributed by atoms with Gasteiger partial charge in [0.05, 0.1) is 52.4 Å². The van der Waals surface area contributed by atoms with E-state index >= 15 is 0 Å². The minimum atomic E-state index is -0.590. The number of aliphatic hydroxyl groups excluding tert-OH is 6. The largest absolute Gasteiger partial charge is 0.469 e. The predicted octanol–water partition coefficient (Wildman–Crippen LogP) is 1.36. The fraction of sp³-hybridized carbons (Fsp3) is 0.881. The molecule has 6 aliphatic carbocycles. The molecule has 17 atom stereocenters. The standard InChI is InChI=1S/2C14H22O5.C14H22O4/c1-13(5-15)9-7(4-8(16)18-3)10-12(11(9)17)19-6-14(10,13)2;1-13(5-15)9-7(4-8(17)18-3)10(12-11(9)19-12)14(13,2)6-16;1-13(7-15)10-4-5-11(14(13,2)8-16)9(10)6-12(17)18-3/h7,9-12,15,17H,4-6H2,1-3H3;7,9-12,15-16H,4-6H2,1-3H3;4-5,9-11,15-16H,6-8H2,1-3H3. The number of carbonyl (C=O) groups excluding carboxylic acids is 3. The van der Waals surface area contributed by atoms with Gasteiger partial charge in [-0.1, -0.05) is 53.7 Å². The molecule has 0 spiro atoms. The summed E-state index contributed by atoms with van der Waals surface area (Å²) in [7, 11) is 4.17. The molecule has 14 heteroatoms. The summed E-state index contributed by atoms with van der Waals surface area (Å²) in [5.41, 5.74) is -2.12. The number of hydrogen-bond donors (Lipinski definition) is 6. The summed E-state index contributed by atoms with van der Waals surface area (Å²) in [6.07, 6.45) is 4.70. The maximum atomic E-state index is 11.6. The minimum absolute atomic E-state index is 0.00940. The first-order valence-corrected chi connectivity index (χ1v) is 20.2. The maximum Gasteiger partial charge on any atom is 0.305 e. The molecule has 318 valence electrons. The average molecular weight is 795 g/mol. The summed E-state index contributed by atoms with van der Waals surface area (Å²) in [5.74, 6) is 0.168. The molecule has 0 aromatic heterocycles. The molecule has 0 aromatic rings. The Balaban J connectivity index is 0.000000142. The van der Waals surface area contributed by atoms with Crippen LogP contribution in [0.2, 0.25) is 0 Å². The summed E-state index contributed by atoms with van der Waals surface area (Å²) in [5, 5.41) is 59.6. The predicted molar refractivity (Wildman–Crippen MR) is 199 cm³/mol. The van der Waals surface area contributed by atoms with Crippen molar-refractivity contribution in [2.45, 2.75) is 85.2 Å². The monoisotopic (exact) mass is 794 g/mol. The van der Waals surface area contributed by atoms with E-state index in [-0.39, 0.29) is 139 Å². The van der Waals surface area contributed by atoms with Crippen LogP contribution in [0.5, 0.6) is 0 Å². The first kappa shape index (κ1) is 43.4. The lowest BCUT2D eigenvalue weighted by atomic mass is 9.58. The van der Waals surface area contributed by atoms with E-state index in [1.807, 2.05) is 34.6 Å². The van der Waals surface area contributed by atoms with Crippen LogP contribution in [0.3, 0.4) is 0 Å². The second-order valence-electron chi connectivity index (χ2n) is 19.5. The second-order valence-corrected chi connectivity index (χ2v) is 19.5. The molecule has 8 rings (SSSR count). The molecule has 7 fully saturated rings. The summed E-state index contributed by atoms with van der Waals surface area (Å²) in [6, 6.07) is 0. The van der Waals surface area contributed by atoms with Crippen LogP contribution in [0.4, 0.5) is 0 Å². The third-order valence-electron chi connectivity index (χ3n) is 18.1. The average Bonchev–Trinajstić information content (AvgIpc) is 3.50. The van der Waals surface area contributed by atoms with Gasteiger partial charge in [0.1, 0.15) is 0 Å². The van der Waals surface area contributed by atoms with Crippen molar-refractivity contribution in [3.63, 3.8) is 0 Å². The van der Waals surface area contributed by atoms with Crippen molar-refractivity contribution in [1.29, 1.82) is 0 Å². The van der Waals surface area contributed by atoms with E-state index in [1.54, 1.807) is 0 Å². The first-order chi connectivity index (χ1) is 26.3. The van der Waals surface area contributed by atoms with Gasteiger partial charge in [0.2, 0.25) is 0 Å². The Morgan fingerprint density at radius 3 is 1.30 bits per heavy atom. The molecule has 56 heavy (non-hydrogen) atoms. The van der Waals surface area contributed by atoms with Gasteiger partial charge in [-0.05, 0) is 53.3 Å². The van der Waals surface area contributed by atoms with Gasteiger partial charge in [-0.2, -0.15) is 0 Å². The van der Waals surface area contributed by atoms with Gasteiger partial charge in [-0.3, -0.25) is 14.4 Å². The maximum absolute atomic E-state index is 11.6. The third-order valence-corrected chi connectivity index (χ3v) is 18.1. The topological polar surface area (TPSA) is 222 Å². The van der Waals surface area contributed by atoms with E-state index in [1.165, 1.54) is 21.3 Å². The number of epoxide rings is 1. The highest BCUT2D eigenvalue weighted by molar-refractivity contribution is 5.71. The smallest absolute Gasteiger partial charge is 0.305 e. The zero-order chi connectivity index (χ0) is 41.6. The molecule has 2 saturated heterocycles. The van der Waals surface area contributed by atoms with Crippen LogP contribution in [-0.2, 0) is 38.1 Å². The van der Waals surface area contributed by atoms with Crippen LogP contribution in [0.15, 0.2) is 12.2 Å². The summed E-state index contributed by atoms with van der Waals surface area (Å²) >= 11 is 0. The molecule has 2 aliphatic heterocycles. The number of carbonyl (C=O) groups is 3. The second kappa shape index (κ2) is 14.8. The molecule has 0 amide bonds. The third kappa shape index (κ3) is 5.59. The molecule has 14 nitrogen and oxygen atoms in total. The Hall–Kier alpha value is -2.17. The number of methoxy groups -OCH3 is 3. The lowest BCUT2D eigenvalue weighted by Crippen LogP contribution is -2.51. The van der Waals surface area contributed by atoms with Crippen molar-refractivity contribution in [3.05, 3.63) is 12.2 Å². The number of ether oxygens (including phenoxy) is 5. The Morgan fingerprint density at radius 1 is 0.554 bits per heavy atom. The summed E-state index contributed by atoms with van der Waals surface area (Å²) in [6.45, 7) is 12.8. The van der Waals surface area contributed by atoms with Gasteiger partial charge in [-0.25, -0.2) is 0 Å². The molecule has 6 bridgehead atoms. The van der Waals surface area contributed by atoms with Crippen LogP contribution < -0.4 is 0 Å². The lowest BCUT2D eigenvalue weighted by molar-refractivity contribution is -0.143. The Bertz CT molecular complexity index is 1490. The highest BCUT2D eigenvalue weighted by atomic mass is 16.6. The van der Waals surface area contributed by atoms with Gasteiger partial charge in [-0.15, -0.1) is 0 Å². The SMILES string of the molecule is COC(=O)CC1C2C(O)C3OCC(C)(C13)C2(C)CO.COC(=O)CC1C2C3OC3C1C(C)(CO)C2(C)CO.COC(=O)CC1C2C=CC1C(C)(CO)C2(C)CO. The van der Waals surface area contributed by atoms with E-state index in [9.17, 15) is 45.0 Å². The summed E-state index contributed by atoms with van der Waals surface area (Å²) in [4.78, 5) is 34.8. The normalized spacial score (nSPS) is 51.5. The number of hydrogen-bond acceptors (Lipinski definition) is 14. The number of rotatable bonds is 11. The van der Waals surface area contributed by atoms with E-state index in [0.717, 1.165) is 0 Å². The van der Waals surface area contributed by atoms with Gasteiger partial charge in [0, 0.05) is 84.8 Å². The van der Waals surface area contributed by atoms with E-state index in [2.05, 4.69) is 19.1 Å². The molecular weight excluding hydrogens is 728 g/mol. The number of aliphatic hydroxyl groups is 6. The Morgan fingerprint density at radius 2 is 0.929 bits per heavy atom. The lowest BCUT2D eigenvalue weighted by Gasteiger charge is -2.46. The van der Waals surface area contributed by atoms with E-state index in [4.69, 9.17) is 23.7 Å². The van der Waals surface area contributed by atoms with Gasteiger partial charge < -0.3 is 54.3 Å². The molecule has 0 aromatic carbocycles. The molecule has 6 N–H and O–H groups in total. The zero-order valence-corrected chi connectivity index (χ0v) is 34.5.